The lowest BCUT2D eigenvalue weighted by Crippen LogP contribution is -2.42. The molecule has 1 N–H and O–H groups in total. The SMILES string of the molecule is CCCNC1CCC(CC)CC1Cc1ccn(C(C)C)n1. The van der Waals surface area contributed by atoms with Gasteiger partial charge in [0.25, 0.3) is 0 Å². The van der Waals surface area contributed by atoms with Gasteiger partial charge in [0.15, 0.2) is 0 Å². The summed E-state index contributed by atoms with van der Waals surface area (Å²) in [6.07, 6.45) is 9.93. The molecule has 3 nitrogen and oxygen atoms in total. The van der Waals surface area contributed by atoms with Gasteiger partial charge in [-0.3, -0.25) is 4.68 Å². The minimum Gasteiger partial charge on any atom is -0.314 e. The molecule has 3 unspecified atom stereocenters. The van der Waals surface area contributed by atoms with Crippen molar-refractivity contribution in [2.75, 3.05) is 6.54 Å². The van der Waals surface area contributed by atoms with Gasteiger partial charge in [0, 0.05) is 18.3 Å². The van der Waals surface area contributed by atoms with Crippen LogP contribution in [0.2, 0.25) is 0 Å². The summed E-state index contributed by atoms with van der Waals surface area (Å²) in [4.78, 5) is 0. The van der Waals surface area contributed by atoms with Crippen LogP contribution in [-0.4, -0.2) is 22.4 Å². The monoisotopic (exact) mass is 291 g/mol. The summed E-state index contributed by atoms with van der Waals surface area (Å²) in [6.45, 7) is 10.1. The van der Waals surface area contributed by atoms with E-state index in [2.05, 4.69) is 50.0 Å². The second-order valence-electron chi connectivity index (χ2n) is 6.99. The van der Waals surface area contributed by atoms with Crippen molar-refractivity contribution < 1.29 is 0 Å². The highest BCUT2D eigenvalue weighted by molar-refractivity contribution is 5.03. The maximum Gasteiger partial charge on any atom is 0.0628 e. The Morgan fingerprint density at radius 2 is 2.14 bits per heavy atom. The van der Waals surface area contributed by atoms with Gasteiger partial charge in [0.2, 0.25) is 0 Å². The molecule has 3 atom stereocenters. The van der Waals surface area contributed by atoms with Crippen LogP contribution in [0, 0.1) is 11.8 Å². The first kappa shape index (κ1) is 16.5. The van der Waals surface area contributed by atoms with Gasteiger partial charge in [-0.15, -0.1) is 0 Å². The molecular weight excluding hydrogens is 258 g/mol. The highest BCUT2D eigenvalue weighted by Gasteiger charge is 2.29. The molecule has 3 heteroatoms. The fourth-order valence-corrected chi connectivity index (χ4v) is 3.60. The average Bonchev–Trinajstić information content (AvgIpc) is 2.94. The molecule has 2 rings (SSSR count). The molecule has 1 aliphatic rings. The number of nitrogens with one attached hydrogen (secondary N) is 1. The Balaban J connectivity index is 2.00. The van der Waals surface area contributed by atoms with Crippen LogP contribution < -0.4 is 5.32 Å². The van der Waals surface area contributed by atoms with E-state index >= 15 is 0 Å². The third-order valence-electron chi connectivity index (χ3n) is 4.99. The predicted octanol–water partition coefficient (Wildman–Crippen LogP) is 4.20. The van der Waals surface area contributed by atoms with E-state index in [9.17, 15) is 0 Å². The Morgan fingerprint density at radius 1 is 1.33 bits per heavy atom. The standard InChI is InChI=1S/C18H33N3/c1-5-10-19-18-8-7-15(6-2)12-16(18)13-17-9-11-21(20-17)14(3)4/h9,11,14-16,18-19H,5-8,10,12-13H2,1-4H3. The van der Waals surface area contributed by atoms with Gasteiger partial charge in [0.1, 0.15) is 0 Å². The largest absolute Gasteiger partial charge is 0.314 e. The fourth-order valence-electron chi connectivity index (χ4n) is 3.60. The summed E-state index contributed by atoms with van der Waals surface area (Å²) in [5.74, 6) is 1.67. The van der Waals surface area contributed by atoms with Crippen molar-refractivity contribution in [3.8, 4) is 0 Å². The molecule has 1 aliphatic carbocycles. The van der Waals surface area contributed by atoms with Gasteiger partial charge in [-0.05, 0) is 70.4 Å². The van der Waals surface area contributed by atoms with E-state index in [4.69, 9.17) is 5.10 Å². The second-order valence-corrected chi connectivity index (χ2v) is 6.99. The minimum atomic E-state index is 0.461. The molecule has 1 aromatic heterocycles. The van der Waals surface area contributed by atoms with Gasteiger partial charge >= 0.3 is 0 Å². The van der Waals surface area contributed by atoms with Crippen LogP contribution >= 0.6 is 0 Å². The van der Waals surface area contributed by atoms with Gasteiger partial charge in [-0.2, -0.15) is 5.10 Å². The molecule has 0 bridgehead atoms. The van der Waals surface area contributed by atoms with Crippen LogP contribution in [-0.2, 0) is 6.42 Å². The van der Waals surface area contributed by atoms with Crippen molar-refractivity contribution in [3.05, 3.63) is 18.0 Å². The molecule has 0 aromatic carbocycles. The van der Waals surface area contributed by atoms with Gasteiger partial charge in [-0.1, -0.05) is 20.3 Å². The third-order valence-corrected chi connectivity index (χ3v) is 4.99. The van der Waals surface area contributed by atoms with Crippen molar-refractivity contribution >= 4 is 0 Å². The molecule has 0 spiro atoms. The van der Waals surface area contributed by atoms with E-state index in [1.807, 2.05) is 0 Å². The zero-order valence-electron chi connectivity index (χ0n) is 14.3. The van der Waals surface area contributed by atoms with E-state index < -0.39 is 0 Å². The quantitative estimate of drug-likeness (QED) is 0.816. The lowest BCUT2D eigenvalue weighted by molar-refractivity contribution is 0.197. The zero-order chi connectivity index (χ0) is 15.2. The van der Waals surface area contributed by atoms with Crippen molar-refractivity contribution in [2.24, 2.45) is 11.8 Å². The average molecular weight is 291 g/mol. The van der Waals surface area contributed by atoms with Gasteiger partial charge < -0.3 is 5.32 Å². The highest BCUT2D eigenvalue weighted by atomic mass is 15.3. The Hall–Kier alpha value is -0.830. The van der Waals surface area contributed by atoms with Crippen molar-refractivity contribution in [3.63, 3.8) is 0 Å². The first-order valence-corrected chi connectivity index (χ1v) is 8.91. The Kier molecular flexibility index (Phi) is 6.28. The maximum atomic E-state index is 4.76. The molecule has 1 saturated carbocycles. The number of aromatic nitrogens is 2. The summed E-state index contributed by atoms with van der Waals surface area (Å²) < 4.78 is 2.09. The topological polar surface area (TPSA) is 29.9 Å². The fraction of sp³-hybridized carbons (Fsp3) is 0.833. The molecule has 120 valence electrons. The summed E-state index contributed by atoms with van der Waals surface area (Å²) in [6, 6.07) is 3.37. The Bertz CT molecular complexity index is 410. The summed E-state index contributed by atoms with van der Waals surface area (Å²) >= 11 is 0. The summed E-state index contributed by atoms with van der Waals surface area (Å²) in [5, 5.41) is 8.54. The summed E-state index contributed by atoms with van der Waals surface area (Å²) in [5.41, 5.74) is 1.27. The minimum absolute atomic E-state index is 0.461. The predicted molar refractivity (Wildman–Crippen MR) is 89.5 cm³/mol. The zero-order valence-corrected chi connectivity index (χ0v) is 14.3. The lowest BCUT2D eigenvalue weighted by Gasteiger charge is -2.36. The number of rotatable bonds is 7. The van der Waals surface area contributed by atoms with E-state index in [1.54, 1.807) is 0 Å². The molecule has 1 aromatic rings. The van der Waals surface area contributed by atoms with Crippen LogP contribution in [0.1, 0.15) is 71.5 Å². The maximum absolute atomic E-state index is 4.76. The molecule has 0 radical (unpaired) electrons. The van der Waals surface area contributed by atoms with E-state index in [1.165, 1.54) is 37.8 Å². The molecule has 0 aliphatic heterocycles. The van der Waals surface area contributed by atoms with Crippen LogP contribution in [0.4, 0.5) is 0 Å². The van der Waals surface area contributed by atoms with Crippen LogP contribution in [0.25, 0.3) is 0 Å². The van der Waals surface area contributed by atoms with Gasteiger partial charge in [-0.25, -0.2) is 0 Å². The van der Waals surface area contributed by atoms with Crippen molar-refractivity contribution in [1.29, 1.82) is 0 Å². The Labute approximate surface area is 130 Å². The molecule has 1 fully saturated rings. The van der Waals surface area contributed by atoms with Gasteiger partial charge in [0.05, 0.1) is 5.69 Å². The smallest absolute Gasteiger partial charge is 0.0628 e. The molecule has 21 heavy (non-hydrogen) atoms. The molecular formula is C18H33N3. The van der Waals surface area contributed by atoms with E-state index in [0.717, 1.165) is 24.8 Å². The summed E-state index contributed by atoms with van der Waals surface area (Å²) in [7, 11) is 0. The molecule has 0 amide bonds. The normalized spacial score (nSPS) is 26.4. The van der Waals surface area contributed by atoms with Crippen molar-refractivity contribution in [2.45, 2.75) is 78.3 Å². The third kappa shape index (κ3) is 4.57. The van der Waals surface area contributed by atoms with E-state index in [0.29, 0.717) is 12.1 Å². The van der Waals surface area contributed by atoms with Crippen LogP contribution in [0.3, 0.4) is 0 Å². The molecule has 0 saturated heterocycles. The van der Waals surface area contributed by atoms with E-state index in [-0.39, 0.29) is 0 Å². The molecule has 1 heterocycles. The van der Waals surface area contributed by atoms with Crippen molar-refractivity contribution in [1.82, 2.24) is 15.1 Å². The lowest BCUT2D eigenvalue weighted by atomic mass is 9.75. The highest BCUT2D eigenvalue weighted by Crippen LogP contribution is 2.33. The number of hydrogen-bond acceptors (Lipinski definition) is 2. The first-order chi connectivity index (χ1) is 10.1. The van der Waals surface area contributed by atoms with Crippen LogP contribution in [0.5, 0.6) is 0 Å². The second kappa shape index (κ2) is 7.98. The Morgan fingerprint density at radius 3 is 2.76 bits per heavy atom. The number of hydrogen-bond donors (Lipinski definition) is 1. The number of nitrogens with zero attached hydrogens (tertiary/aromatic N) is 2. The first-order valence-electron chi connectivity index (χ1n) is 8.91. The van der Waals surface area contributed by atoms with Crippen LogP contribution in [0.15, 0.2) is 12.3 Å².